The summed E-state index contributed by atoms with van der Waals surface area (Å²) >= 11 is 6.09. The van der Waals surface area contributed by atoms with Gasteiger partial charge in [-0.1, -0.05) is 11.6 Å². The first-order valence-corrected chi connectivity index (χ1v) is 12.3. The summed E-state index contributed by atoms with van der Waals surface area (Å²) in [7, 11) is 10.8. The number of carbonyl (C=O) groups excluding carboxylic acids is 1. The Morgan fingerprint density at radius 1 is 1.15 bits per heavy atom. The number of amides is 1. The zero-order valence-corrected chi connectivity index (χ0v) is 20.8. The molecule has 2 aliphatic rings. The molecule has 0 saturated carbocycles. The third-order valence-corrected chi connectivity index (χ3v) is 7.26. The van der Waals surface area contributed by atoms with Gasteiger partial charge in [0.2, 0.25) is 5.91 Å². The fourth-order valence-corrected chi connectivity index (χ4v) is 5.44. The van der Waals surface area contributed by atoms with Crippen LogP contribution in [0.1, 0.15) is 42.4 Å². The summed E-state index contributed by atoms with van der Waals surface area (Å²) in [5.74, 6) is -1.43. The van der Waals surface area contributed by atoms with E-state index < -0.39 is 28.8 Å². The fraction of sp³-hybridized carbons (Fsp3) is 0.250. The number of nitrogens with zero attached hydrogens (tertiary/aromatic N) is 7. The number of carbonyl (C=O) groups is 1. The first kappa shape index (κ1) is 25.4. The summed E-state index contributed by atoms with van der Waals surface area (Å²) in [6, 6.07) is 3.75. The van der Waals surface area contributed by atoms with E-state index in [0.29, 0.717) is 42.0 Å². The second-order valence-electron chi connectivity index (χ2n) is 9.40. The van der Waals surface area contributed by atoms with Crippen LogP contribution in [0.2, 0.25) is 5.02 Å². The van der Waals surface area contributed by atoms with Gasteiger partial charge in [-0.25, -0.2) is 13.8 Å². The molecule has 2 atom stereocenters. The average Bonchev–Trinajstić information content (AvgIpc) is 3.66. The molecule has 1 aromatic carbocycles. The van der Waals surface area contributed by atoms with Gasteiger partial charge in [0.1, 0.15) is 27.8 Å². The third kappa shape index (κ3) is 4.33. The topological polar surface area (TPSA) is 126 Å². The van der Waals surface area contributed by atoms with Gasteiger partial charge in [-0.05, 0) is 53.5 Å². The second-order valence-corrected chi connectivity index (χ2v) is 9.81. The average molecular weight is 545 g/mol. The standard InChI is InChI=1S/C24H17B2ClF2N8O2/c25-24(26,39)22-20(28)13(5-6-30-22)15-9-31-23(33-15)17-3-1-12-7-11(8-18(38)37(12)17)19-16(36-10-32-34-35-36)4-2-14(27)21(19)29/h2,4-6,8-10,12,17,39H,1,3,7H2,(H,31,33)/t12-,17+/m1/s1. The minimum absolute atomic E-state index is 0.0568. The van der Waals surface area contributed by atoms with Gasteiger partial charge in [0.05, 0.1) is 34.3 Å². The van der Waals surface area contributed by atoms with Crippen LogP contribution in [-0.2, 0) is 10.2 Å². The smallest absolute Gasteiger partial charge is 0.247 e. The highest BCUT2D eigenvalue weighted by Gasteiger charge is 2.42. The van der Waals surface area contributed by atoms with E-state index in [1.54, 1.807) is 11.0 Å². The van der Waals surface area contributed by atoms with Crippen molar-refractivity contribution < 1.29 is 18.7 Å². The van der Waals surface area contributed by atoms with Crippen LogP contribution in [0.15, 0.2) is 43.0 Å². The Kier molecular flexibility index (Phi) is 6.11. The Bertz CT molecular complexity index is 1620. The number of hydrogen-bond donors (Lipinski definition) is 2. The zero-order chi connectivity index (χ0) is 27.5. The van der Waals surface area contributed by atoms with Gasteiger partial charge < -0.3 is 15.0 Å². The Labute approximate surface area is 227 Å². The molecule has 1 amide bonds. The van der Waals surface area contributed by atoms with Gasteiger partial charge in [-0.15, -0.1) is 5.10 Å². The van der Waals surface area contributed by atoms with Crippen molar-refractivity contribution in [3.8, 4) is 16.9 Å². The first-order valence-electron chi connectivity index (χ1n) is 11.9. The quantitative estimate of drug-likeness (QED) is 0.370. The maximum atomic E-state index is 15.3. The van der Waals surface area contributed by atoms with Crippen LogP contribution < -0.4 is 0 Å². The number of fused-ring (bicyclic) bond motifs is 1. The van der Waals surface area contributed by atoms with Crippen LogP contribution in [0, 0.1) is 11.6 Å². The Morgan fingerprint density at radius 2 is 1.97 bits per heavy atom. The Hall–Kier alpha value is -3.90. The normalized spacial score (nSPS) is 19.3. The molecule has 4 radical (unpaired) electrons. The summed E-state index contributed by atoms with van der Waals surface area (Å²) in [6.07, 6.45) is 7.00. The largest absolute Gasteiger partial charge is 0.403 e. The molecule has 15 heteroatoms. The lowest BCUT2D eigenvalue weighted by Gasteiger charge is -2.33. The molecule has 4 aromatic rings. The van der Waals surface area contributed by atoms with E-state index in [-0.39, 0.29) is 28.1 Å². The van der Waals surface area contributed by atoms with Gasteiger partial charge >= 0.3 is 0 Å². The number of aromatic amines is 1. The molecule has 1 fully saturated rings. The molecule has 2 N–H and O–H groups in total. The number of hydrogen-bond acceptors (Lipinski definition) is 7. The molecule has 2 aliphatic heterocycles. The van der Waals surface area contributed by atoms with Crippen LogP contribution in [-0.4, -0.2) is 72.8 Å². The summed E-state index contributed by atoms with van der Waals surface area (Å²) < 4.78 is 31.6. The van der Waals surface area contributed by atoms with Crippen LogP contribution in [0.4, 0.5) is 8.78 Å². The zero-order valence-electron chi connectivity index (χ0n) is 20.1. The predicted molar refractivity (Wildman–Crippen MR) is 137 cm³/mol. The third-order valence-electron chi connectivity index (χ3n) is 6.97. The molecule has 0 spiro atoms. The van der Waals surface area contributed by atoms with E-state index in [2.05, 4.69) is 30.5 Å². The van der Waals surface area contributed by atoms with E-state index in [1.807, 2.05) is 0 Å². The van der Waals surface area contributed by atoms with Crippen LogP contribution >= 0.6 is 11.6 Å². The van der Waals surface area contributed by atoms with Crippen LogP contribution in [0.3, 0.4) is 0 Å². The van der Waals surface area contributed by atoms with Crippen molar-refractivity contribution in [3.05, 3.63) is 76.7 Å². The number of pyridine rings is 1. The molecule has 0 unspecified atom stereocenters. The summed E-state index contributed by atoms with van der Waals surface area (Å²) in [5.41, 5.74) is 0.841. The molecule has 0 bridgehead atoms. The molecule has 39 heavy (non-hydrogen) atoms. The molecule has 3 aromatic heterocycles. The first-order chi connectivity index (χ1) is 18.6. The van der Waals surface area contributed by atoms with Crippen molar-refractivity contribution in [2.75, 3.05) is 0 Å². The van der Waals surface area contributed by atoms with Crippen molar-refractivity contribution in [3.63, 3.8) is 0 Å². The molecule has 10 nitrogen and oxygen atoms in total. The van der Waals surface area contributed by atoms with Gasteiger partial charge in [-0.3, -0.25) is 9.78 Å². The summed E-state index contributed by atoms with van der Waals surface area (Å²) in [4.78, 5) is 26.3. The van der Waals surface area contributed by atoms with Gasteiger partial charge in [0, 0.05) is 34.8 Å². The fourth-order valence-electron chi connectivity index (χ4n) is 5.28. The van der Waals surface area contributed by atoms with E-state index >= 15 is 8.78 Å². The van der Waals surface area contributed by atoms with Crippen molar-refractivity contribution in [1.82, 2.24) is 40.1 Å². The van der Waals surface area contributed by atoms with Gasteiger partial charge in [-0.2, -0.15) is 4.68 Å². The lowest BCUT2D eigenvalue weighted by atomic mass is 9.63. The molecule has 1 saturated heterocycles. The molecular weight excluding hydrogens is 527 g/mol. The molecule has 5 heterocycles. The van der Waals surface area contributed by atoms with Crippen molar-refractivity contribution >= 4 is 38.8 Å². The minimum atomic E-state index is -2.46. The Balaban J connectivity index is 1.32. The lowest BCUT2D eigenvalue weighted by molar-refractivity contribution is -0.129. The number of imidazole rings is 1. The van der Waals surface area contributed by atoms with Crippen molar-refractivity contribution in [2.24, 2.45) is 0 Å². The van der Waals surface area contributed by atoms with Crippen LogP contribution in [0.25, 0.3) is 22.5 Å². The van der Waals surface area contributed by atoms with E-state index in [9.17, 15) is 9.90 Å². The molecular formula is C24H17B2ClF2N8O2. The maximum Gasteiger partial charge on any atom is 0.247 e. The number of tetrazole rings is 1. The SMILES string of the molecule is [B]C([B])(O)c1nccc(-c2cnc([C@@H]3CC[C@@H]4CC(c5c(-n6cnnn6)ccc(Cl)c5F)=CC(=O)N43)[nH]2)c1F. The van der Waals surface area contributed by atoms with Crippen molar-refractivity contribution in [1.29, 1.82) is 0 Å². The number of halogens is 3. The predicted octanol–water partition coefficient (Wildman–Crippen LogP) is 2.34. The number of nitrogens with one attached hydrogen (secondary N) is 1. The highest BCUT2D eigenvalue weighted by molar-refractivity contribution is 6.38. The van der Waals surface area contributed by atoms with E-state index in [0.717, 1.165) is 0 Å². The van der Waals surface area contributed by atoms with Gasteiger partial charge in [0.15, 0.2) is 11.6 Å². The molecule has 192 valence electrons. The number of aliphatic hydroxyl groups is 1. The lowest BCUT2D eigenvalue weighted by Crippen LogP contribution is -2.39. The number of rotatable bonds is 5. The van der Waals surface area contributed by atoms with Gasteiger partial charge in [0.25, 0.3) is 0 Å². The minimum Gasteiger partial charge on any atom is -0.403 e. The molecule has 6 rings (SSSR count). The molecule has 0 aliphatic carbocycles. The highest BCUT2D eigenvalue weighted by Crippen LogP contribution is 2.44. The van der Waals surface area contributed by atoms with Crippen molar-refractivity contribution in [2.45, 2.75) is 36.7 Å². The summed E-state index contributed by atoms with van der Waals surface area (Å²) in [5, 5.41) is 18.4. The van der Waals surface area contributed by atoms with E-state index in [1.165, 1.54) is 41.6 Å². The number of aromatic nitrogens is 7. The maximum absolute atomic E-state index is 15.3. The highest BCUT2D eigenvalue weighted by atomic mass is 35.5. The summed E-state index contributed by atoms with van der Waals surface area (Å²) in [6.45, 7) is 0. The monoisotopic (exact) mass is 544 g/mol. The second kappa shape index (κ2) is 9.38. The Morgan fingerprint density at radius 3 is 2.72 bits per heavy atom. The number of H-pyrrole nitrogens is 1. The van der Waals surface area contributed by atoms with E-state index in [4.69, 9.17) is 27.3 Å². The number of benzene rings is 1. The van der Waals surface area contributed by atoms with Crippen LogP contribution in [0.5, 0.6) is 0 Å².